The number of ether oxygens (including phenoxy) is 2. The second-order valence-electron chi connectivity index (χ2n) is 11.5. The number of hydrogen-bond donors (Lipinski definition) is 1. The highest BCUT2D eigenvalue weighted by molar-refractivity contribution is 5.98. The van der Waals surface area contributed by atoms with Crippen LogP contribution in [0.1, 0.15) is 73.6 Å². The number of rotatable bonds is 11. The van der Waals surface area contributed by atoms with Gasteiger partial charge in [0.05, 0.1) is 18.1 Å². The second-order valence-corrected chi connectivity index (χ2v) is 11.5. The average molecular weight is 493 g/mol. The van der Waals surface area contributed by atoms with Crippen molar-refractivity contribution in [1.29, 1.82) is 0 Å². The van der Waals surface area contributed by atoms with E-state index >= 15 is 0 Å². The van der Waals surface area contributed by atoms with Gasteiger partial charge in [-0.2, -0.15) is 0 Å². The Kier molecular flexibility index (Phi) is 8.07. The fourth-order valence-corrected chi connectivity index (χ4v) is 6.57. The van der Waals surface area contributed by atoms with Crippen LogP contribution in [-0.4, -0.2) is 81.8 Å². The van der Waals surface area contributed by atoms with Gasteiger partial charge in [0.15, 0.2) is 0 Å². The zero-order chi connectivity index (χ0) is 26.2. The lowest BCUT2D eigenvalue weighted by Crippen LogP contribution is -2.60. The van der Waals surface area contributed by atoms with E-state index in [1.807, 2.05) is 34.6 Å². The van der Waals surface area contributed by atoms with E-state index in [2.05, 4.69) is 6.58 Å². The third-order valence-electron chi connectivity index (χ3n) is 8.28. The van der Waals surface area contributed by atoms with E-state index in [4.69, 9.17) is 14.6 Å². The maximum atomic E-state index is 14.3. The molecule has 3 aliphatic rings. The molecule has 0 aromatic carbocycles. The van der Waals surface area contributed by atoms with Crippen LogP contribution in [0, 0.1) is 17.8 Å². The average Bonchev–Trinajstić information content (AvgIpc) is 3.28. The first-order valence-electron chi connectivity index (χ1n) is 13.1. The Morgan fingerprint density at radius 1 is 1.29 bits per heavy atom. The van der Waals surface area contributed by atoms with Crippen molar-refractivity contribution in [3.05, 3.63) is 12.7 Å². The summed E-state index contributed by atoms with van der Waals surface area (Å²) in [5, 5.41) is 9.09. The van der Waals surface area contributed by atoms with E-state index < -0.39 is 40.6 Å². The number of amides is 2. The van der Waals surface area contributed by atoms with Crippen LogP contribution < -0.4 is 0 Å². The molecule has 3 fully saturated rings. The first-order chi connectivity index (χ1) is 16.4. The minimum absolute atomic E-state index is 0.0109. The zero-order valence-electron chi connectivity index (χ0n) is 22.3. The van der Waals surface area contributed by atoms with Gasteiger partial charge in [-0.25, -0.2) is 0 Å². The molecule has 3 aliphatic heterocycles. The van der Waals surface area contributed by atoms with Gasteiger partial charge in [0.2, 0.25) is 11.8 Å². The number of aliphatic hydroxyl groups is 1. The summed E-state index contributed by atoms with van der Waals surface area (Å²) in [6.45, 7) is 16.6. The number of unbranched alkanes of at least 4 members (excludes halogenated alkanes) is 3. The summed E-state index contributed by atoms with van der Waals surface area (Å²) in [4.78, 5) is 44.9. The minimum atomic E-state index is -1.06. The molecule has 198 valence electrons. The highest BCUT2D eigenvalue weighted by Gasteiger charge is 2.80. The van der Waals surface area contributed by atoms with E-state index in [0.29, 0.717) is 32.4 Å². The monoisotopic (exact) mass is 492 g/mol. The molecule has 35 heavy (non-hydrogen) atoms. The topological polar surface area (TPSA) is 96.4 Å². The largest absolute Gasteiger partial charge is 0.466 e. The lowest BCUT2D eigenvalue weighted by atomic mass is 9.62. The fourth-order valence-electron chi connectivity index (χ4n) is 6.57. The van der Waals surface area contributed by atoms with Crippen LogP contribution in [0.15, 0.2) is 12.7 Å². The van der Waals surface area contributed by atoms with Crippen LogP contribution in [0.25, 0.3) is 0 Å². The molecular weight excluding hydrogens is 448 g/mol. The Morgan fingerprint density at radius 2 is 1.94 bits per heavy atom. The van der Waals surface area contributed by atoms with Gasteiger partial charge >= 0.3 is 5.97 Å². The fraction of sp³-hybridized carbons (Fsp3) is 0.815. The van der Waals surface area contributed by atoms with Gasteiger partial charge in [0, 0.05) is 25.2 Å². The van der Waals surface area contributed by atoms with Gasteiger partial charge in [-0.15, -0.1) is 6.58 Å². The van der Waals surface area contributed by atoms with Crippen molar-refractivity contribution < 1.29 is 29.0 Å². The van der Waals surface area contributed by atoms with Crippen molar-refractivity contribution in [2.45, 2.75) is 96.4 Å². The third-order valence-corrected chi connectivity index (χ3v) is 8.28. The molecule has 1 N–H and O–H groups in total. The zero-order valence-corrected chi connectivity index (χ0v) is 22.3. The maximum Gasteiger partial charge on any atom is 0.312 e. The first kappa shape index (κ1) is 27.7. The summed E-state index contributed by atoms with van der Waals surface area (Å²) in [7, 11) is 0. The van der Waals surface area contributed by atoms with Gasteiger partial charge in [0.25, 0.3) is 0 Å². The van der Waals surface area contributed by atoms with Crippen LogP contribution in [0.3, 0.4) is 0 Å². The Labute approximate surface area is 210 Å². The molecule has 0 aromatic rings. The van der Waals surface area contributed by atoms with E-state index in [-0.39, 0.29) is 30.9 Å². The standard InChI is InChI=1S/C27H44N2O6/c1-8-14-29(25(4,5)6)23(32)21-27-17-18(3)26(7,35-27)20(24(33)34-9-2)19(27)22(31)28(21)15-12-10-11-13-16-30/h8,18-21,30H,1,9-17H2,2-7H3/t18?,19-,20-,21?,26+,27?/m0/s1. The molecule has 3 heterocycles. The smallest absolute Gasteiger partial charge is 0.312 e. The lowest BCUT2D eigenvalue weighted by Gasteiger charge is -2.42. The molecule has 2 bridgehead atoms. The number of carbonyl (C=O) groups is 3. The van der Waals surface area contributed by atoms with E-state index in [9.17, 15) is 14.4 Å². The first-order valence-corrected chi connectivity index (χ1v) is 13.1. The van der Waals surface area contributed by atoms with Crippen molar-refractivity contribution in [3.63, 3.8) is 0 Å². The highest BCUT2D eigenvalue weighted by atomic mass is 16.6. The van der Waals surface area contributed by atoms with Gasteiger partial charge in [-0.05, 0) is 59.8 Å². The molecule has 0 aromatic heterocycles. The SMILES string of the molecule is C=CCN(C(=O)C1N(CCCCCCO)C(=O)[C@@H]2[C@@H](C(=O)OCC)[C@]3(C)OC12CC3C)C(C)(C)C. The van der Waals surface area contributed by atoms with Gasteiger partial charge in [-0.3, -0.25) is 14.4 Å². The summed E-state index contributed by atoms with van der Waals surface area (Å²) in [5.74, 6) is -2.26. The van der Waals surface area contributed by atoms with Crippen molar-refractivity contribution in [2.75, 3.05) is 26.3 Å². The number of nitrogens with zero attached hydrogens (tertiary/aromatic N) is 2. The molecule has 6 atom stereocenters. The van der Waals surface area contributed by atoms with Crippen molar-refractivity contribution in [1.82, 2.24) is 9.80 Å². The molecule has 2 amide bonds. The summed E-state index contributed by atoms with van der Waals surface area (Å²) in [6, 6.07) is -0.805. The Morgan fingerprint density at radius 3 is 2.51 bits per heavy atom. The quantitative estimate of drug-likeness (QED) is 0.271. The molecule has 8 heteroatoms. The molecular formula is C27H44N2O6. The van der Waals surface area contributed by atoms with Crippen LogP contribution in [0.2, 0.25) is 0 Å². The highest BCUT2D eigenvalue weighted by Crippen LogP contribution is 2.65. The van der Waals surface area contributed by atoms with Gasteiger partial charge in [0.1, 0.15) is 17.6 Å². The molecule has 3 unspecified atom stereocenters. The predicted molar refractivity (Wildman–Crippen MR) is 132 cm³/mol. The van der Waals surface area contributed by atoms with Crippen LogP contribution in [0.4, 0.5) is 0 Å². The summed E-state index contributed by atoms with van der Waals surface area (Å²) in [6.07, 6.45) is 5.37. The van der Waals surface area contributed by atoms with Crippen molar-refractivity contribution in [2.24, 2.45) is 17.8 Å². The third kappa shape index (κ3) is 4.52. The molecule has 0 aliphatic carbocycles. The lowest BCUT2D eigenvalue weighted by molar-refractivity contribution is -0.162. The minimum Gasteiger partial charge on any atom is -0.466 e. The normalized spacial score (nSPS) is 33.7. The molecule has 0 radical (unpaired) electrons. The number of aliphatic hydroxyl groups excluding tert-OH is 1. The molecule has 1 spiro atoms. The van der Waals surface area contributed by atoms with E-state index in [1.54, 1.807) is 22.8 Å². The van der Waals surface area contributed by atoms with Gasteiger partial charge < -0.3 is 24.4 Å². The van der Waals surface area contributed by atoms with E-state index in [0.717, 1.165) is 12.8 Å². The Bertz CT molecular complexity index is 838. The van der Waals surface area contributed by atoms with Crippen molar-refractivity contribution in [3.8, 4) is 0 Å². The predicted octanol–water partition coefficient (Wildman–Crippen LogP) is 2.93. The van der Waals surface area contributed by atoms with Crippen LogP contribution >= 0.6 is 0 Å². The molecule has 8 nitrogen and oxygen atoms in total. The summed E-state index contributed by atoms with van der Waals surface area (Å²) >= 11 is 0. The summed E-state index contributed by atoms with van der Waals surface area (Å²) < 4.78 is 12.1. The van der Waals surface area contributed by atoms with E-state index in [1.165, 1.54) is 0 Å². The number of likely N-dealkylation sites (tertiary alicyclic amines) is 1. The second kappa shape index (κ2) is 10.2. The van der Waals surface area contributed by atoms with Crippen LogP contribution in [-0.2, 0) is 23.9 Å². The Balaban J connectivity index is 2.05. The number of hydrogen-bond acceptors (Lipinski definition) is 6. The number of fused-ring (bicyclic) bond motifs is 1. The molecule has 0 saturated carbocycles. The van der Waals surface area contributed by atoms with Crippen LogP contribution in [0.5, 0.6) is 0 Å². The number of esters is 1. The number of carbonyl (C=O) groups excluding carboxylic acids is 3. The molecule has 3 rings (SSSR count). The van der Waals surface area contributed by atoms with Gasteiger partial charge in [-0.1, -0.05) is 25.8 Å². The summed E-state index contributed by atoms with van der Waals surface area (Å²) in [5.41, 5.74) is -2.40. The Hall–Kier alpha value is -1.93. The molecule has 3 saturated heterocycles. The van der Waals surface area contributed by atoms with Crippen molar-refractivity contribution >= 4 is 17.8 Å². The maximum absolute atomic E-state index is 14.3.